The van der Waals surface area contributed by atoms with Crippen LogP contribution in [-0.4, -0.2) is 6.71 Å². The largest absolute Gasteiger partial charge is 0.311 e. The van der Waals surface area contributed by atoms with Crippen LogP contribution < -0.4 is 25.5 Å². The van der Waals surface area contributed by atoms with E-state index in [1.165, 1.54) is 90.5 Å². The molecule has 0 unspecified atom stereocenters. The van der Waals surface area contributed by atoms with Crippen LogP contribution in [0.15, 0.2) is 72.8 Å². The molecule has 4 aromatic carbocycles. The van der Waals surface area contributed by atoms with Gasteiger partial charge in [-0.05, 0) is 130 Å². The quantitative estimate of drug-likeness (QED) is 0.167. The summed E-state index contributed by atoms with van der Waals surface area (Å²) in [6.07, 6.45) is 2.40. The topological polar surface area (TPSA) is 6.48 Å². The minimum Gasteiger partial charge on any atom is -0.311 e. The maximum absolute atomic E-state index is 2.68. The molecule has 0 bridgehead atoms. The highest BCUT2D eigenvalue weighted by Gasteiger charge is 2.51. The van der Waals surface area contributed by atoms with Crippen LogP contribution in [0.2, 0.25) is 0 Å². The zero-order chi connectivity index (χ0) is 36.6. The van der Waals surface area contributed by atoms with Gasteiger partial charge < -0.3 is 9.80 Å². The third kappa shape index (κ3) is 5.18. The Bertz CT molecular complexity index is 2200. The van der Waals surface area contributed by atoms with Gasteiger partial charge in [-0.2, -0.15) is 11.3 Å². The molecular formula is C47H55BN2S. The van der Waals surface area contributed by atoms with Crippen LogP contribution in [0.25, 0.3) is 0 Å². The lowest BCUT2D eigenvalue weighted by Crippen LogP contribution is -2.61. The average molecular weight is 691 g/mol. The van der Waals surface area contributed by atoms with Crippen molar-refractivity contribution in [2.75, 3.05) is 9.80 Å². The SMILES string of the molecule is Cc1cc2c3c(c1)N(c1c(C)cccc1C)c1ccc(C(C)(C)C)cc1B3c1sc3c(c1N2c1ccc(C(C)(C)C)cc1)C(C)(C)CCC3(C)C. The van der Waals surface area contributed by atoms with Gasteiger partial charge in [0.15, 0.2) is 0 Å². The Morgan fingerprint density at radius 1 is 0.627 bits per heavy atom. The molecule has 0 fully saturated rings. The van der Waals surface area contributed by atoms with Crippen molar-refractivity contribution < 1.29 is 0 Å². The number of rotatable bonds is 2. The molecule has 0 radical (unpaired) electrons. The number of hydrogen-bond acceptors (Lipinski definition) is 3. The van der Waals surface area contributed by atoms with E-state index in [1.807, 2.05) is 0 Å². The zero-order valence-corrected chi connectivity index (χ0v) is 34.0. The molecule has 4 heteroatoms. The second-order valence-corrected chi connectivity index (χ2v) is 20.2. The molecule has 1 aromatic heterocycles. The number of hydrogen-bond donors (Lipinski definition) is 0. The van der Waals surface area contributed by atoms with Crippen LogP contribution in [0.1, 0.15) is 120 Å². The molecule has 0 N–H and O–H groups in total. The van der Waals surface area contributed by atoms with E-state index < -0.39 is 0 Å². The number of thiophene rings is 1. The van der Waals surface area contributed by atoms with Gasteiger partial charge in [-0.25, -0.2) is 0 Å². The fourth-order valence-electron chi connectivity index (χ4n) is 9.16. The van der Waals surface area contributed by atoms with E-state index in [4.69, 9.17) is 0 Å². The van der Waals surface area contributed by atoms with Crippen LogP contribution >= 0.6 is 11.3 Å². The molecule has 0 saturated carbocycles. The molecule has 0 spiro atoms. The molecule has 262 valence electrons. The molecule has 3 aliphatic rings. The first-order valence-corrected chi connectivity index (χ1v) is 19.8. The van der Waals surface area contributed by atoms with Crippen molar-refractivity contribution in [3.05, 3.63) is 111 Å². The summed E-state index contributed by atoms with van der Waals surface area (Å²) in [5, 5.41) is 0. The molecule has 1 aliphatic carbocycles. The van der Waals surface area contributed by atoms with Gasteiger partial charge in [0.25, 0.3) is 6.71 Å². The predicted octanol–water partition coefficient (Wildman–Crippen LogP) is 11.7. The van der Waals surface area contributed by atoms with E-state index in [0.29, 0.717) is 0 Å². The van der Waals surface area contributed by atoms with Gasteiger partial charge in [0.05, 0.1) is 11.4 Å². The first-order chi connectivity index (χ1) is 23.8. The Hall–Kier alpha value is -3.76. The maximum Gasteiger partial charge on any atom is 0.264 e. The van der Waals surface area contributed by atoms with E-state index in [0.717, 1.165) is 0 Å². The molecule has 0 atom stereocenters. The lowest BCUT2D eigenvalue weighted by molar-refractivity contribution is 0.339. The summed E-state index contributed by atoms with van der Waals surface area (Å²) in [6.45, 7) is 31.0. The van der Waals surface area contributed by atoms with Crippen LogP contribution in [0.3, 0.4) is 0 Å². The lowest BCUT2D eigenvalue weighted by Gasteiger charge is -2.46. The molecule has 0 amide bonds. The van der Waals surface area contributed by atoms with E-state index in [1.54, 1.807) is 10.4 Å². The van der Waals surface area contributed by atoms with Gasteiger partial charge in [-0.3, -0.25) is 0 Å². The Kier molecular flexibility index (Phi) is 7.49. The van der Waals surface area contributed by atoms with Crippen LogP contribution in [0.5, 0.6) is 0 Å². The van der Waals surface area contributed by atoms with Crippen molar-refractivity contribution >= 4 is 67.9 Å². The van der Waals surface area contributed by atoms with Crippen molar-refractivity contribution in [2.45, 2.75) is 125 Å². The number of fused-ring (bicyclic) bond motifs is 6. The van der Waals surface area contributed by atoms with Gasteiger partial charge in [0.1, 0.15) is 0 Å². The predicted molar refractivity (Wildman–Crippen MR) is 225 cm³/mol. The first-order valence-electron chi connectivity index (χ1n) is 19.0. The summed E-state index contributed by atoms with van der Waals surface area (Å²) in [5.41, 5.74) is 19.3. The summed E-state index contributed by atoms with van der Waals surface area (Å²) < 4.78 is 1.51. The maximum atomic E-state index is 2.68. The average Bonchev–Trinajstić information content (AvgIpc) is 3.46. The van der Waals surface area contributed by atoms with Gasteiger partial charge in [0, 0.05) is 32.4 Å². The minimum atomic E-state index is 0.0336. The van der Waals surface area contributed by atoms with E-state index in [9.17, 15) is 0 Å². The number of benzene rings is 4. The van der Waals surface area contributed by atoms with Crippen molar-refractivity contribution in [3.8, 4) is 0 Å². The zero-order valence-electron chi connectivity index (χ0n) is 33.2. The summed E-state index contributed by atoms with van der Waals surface area (Å²) in [7, 11) is 0. The molecule has 2 nitrogen and oxygen atoms in total. The highest BCUT2D eigenvalue weighted by molar-refractivity contribution is 7.29. The van der Waals surface area contributed by atoms with Crippen molar-refractivity contribution in [2.24, 2.45) is 0 Å². The van der Waals surface area contributed by atoms with Crippen molar-refractivity contribution in [1.82, 2.24) is 0 Å². The highest BCUT2D eigenvalue weighted by Crippen LogP contribution is 2.56. The van der Waals surface area contributed by atoms with Gasteiger partial charge in [0.2, 0.25) is 0 Å². The fraction of sp³-hybridized carbons (Fsp3) is 0.404. The minimum absolute atomic E-state index is 0.0336. The van der Waals surface area contributed by atoms with Gasteiger partial charge in [-0.15, -0.1) is 0 Å². The number of para-hydroxylation sites is 1. The normalized spacial score (nSPS) is 17.2. The van der Waals surface area contributed by atoms with Crippen LogP contribution in [0.4, 0.5) is 34.1 Å². The van der Waals surface area contributed by atoms with E-state index in [2.05, 4.69) is 184 Å². The third-order valence-electron chi connectivity index (χ3n) is 12.2. The molecule has 5 aromatic rings. The van der Waals surface area contributed by atoms with Crippen LogP contribution in [-0.2, 0) is 21.7 Å². The second kappa shape index (κ2) is 11.1. The highest BCUT2D eigenvalue weighted by atomic mass is 32.1. The summed E-state index contributed by atoms with van der Waals surface area (Å²) in [5.74, 6) is 0. The molecule has 3 heterocycles. The number of nitrogens with zero attached hydrogens (tertiary/aromatic N) is 2. The molecular weight excluding hydrogens is 635 g/mol. The molecule has 8 rings (SSSR count). The van der Waals surface area contributed by atoms with Gasteiger partial charge >= 0.3 is 0 Å². The number of anilines is 6. The van der Waals surface area contributed by atoms with E-state index in [-0.39, 0.29) is 28.4 Å². The second-order valence-electron chi connectivity index (χ2n) is 19.2. The van der Waals surface area contributed by atoms with Crippen molar-refractivity contribution in [1.29, 1.82) is 0 Å². The summed E-state index contributed by atoms with van der Waals surface area (Å²) >= 11 is 2.12. The monoisotopic (exact) mass is 690 g/mol. The lowest BCUT2D eigenvalue weighted by atomic mass is 9.35. The Morgan fingerprint density at radius 3 is 1.80 bits per heavy atom. The first kappa shape index (κ1) is 34.3. The fourth-order valence-corrected chi connectivity index (χ4v) is 10.9. The molecule has 0 saturated heterocycles. The summed E-state index contributed by atoms with van der Waals surface area (Å²) in [6, 6.07) is 28.6. The van der Waals surface area contributed by atoms with Gasteiger partial charge in [-0.1, -0.05) is 112 Å². The van der Waals surface area contributed by atoms with Crippen LogP contribution in [0, 0.1) is 20.8 Å². The standard InChI is InChI=1S/C47H55BN2S/c1-28-25-36-39-37(26-28)50(40-29(2)15-14-16-30(40)3)35-22-19-32(45(7,8)9)27-34(35)48(39)43-41(38-42(51-43)47(12,13)24-23-46(38,10)11)49(36)33-20-17-31(18-21-33)44(4,5)6/h14-22,25-27H,23-24H2,1-13H3. The summed E-state index contributed by atoms with van der Waals surface area (Å²) in [4.78, 5) is 6.88. The smallest absolute Gasteiger partial charge is 0.264 e. The molecule has 2 aliphatic heterocycles. The Morgan fingerprint density at radius 2 is 1.20 bits per heavy atom. The third-order valence-corrected chi connectivity index (χ3v) is 13.8. The van der Waals surface area contributed by atoms with Crippen molar-refractivity contribution in [3.63, 3.8) is 0 Å². The Labute approximate surface area is 312 Å². The van der Waals surface area contributed by atoms with E-state index >= 15 is 0 Å². The molecule has 51 heavy (non-hydrogen) atoms. The number of aryl methyl sites for hydroxylation is 3. The Balaban J connectivity index is 1.53.